The molecule has 0 radical (unpaired) electrons. The largest absolute Gasteiger partial charge is 0.405 e. The van der Waals surface area contributed by atoms with Gasteiger partial charge in [0, 0.05) is 19.0 Å². The van der Waals surface area contributed by atoms with Crippen molar-refractivity contribution in [3.8, 4) is 0 Å². The number of rotatable bonds is 3. The van der Waals surface area contributed by atoms with Gasteiger partial charge in [0.05, 0.1) is 0 Å². The number of likely N-dealkylation sites (tertiary alicyclic amines) is 1. The standard InChI is InChI=1S/C15H15F5N2O2/c16-10-2-1-3-11(17)12(10)14(24)22-6-4-9(5-7-22)13(23)21-8-15(18,19)20/h1-3,9H,4-8H2,(H,21,23). The van der Waals surface area contributed by atoms with Crippen LogP contribution in [0.2, 0.25) is 0 Å². The first-order chi connectivity index (χ1) is 11.2. The highest BCUT2D eigenvalue weighted by Gasteiger charge is 2.32. The van der Waals surface area contributed by atoms with Gasteiger partial charge in [0.15, 0.2) is 0 Å². The second kappa shape index (κ2) is 7.14. The van der Waals surface area contributed by atoms with Gasteiger partial charge in [-0.05, 0) is 25.0 Å². The first-order valence-electron chi connectivity index (χ1n) is 7.27. The highest BCUT2D eigenvalue weighted by molar-refractivity contribution is 5.95. The molecular formula is C15H15F5N2O2. The molecule has 0 aromatic heterocycles. The van der Waals surface area contributed by atoms with Crippen molar-refractivity contribution in [3.63, 3.8) is 0 Å². The summed E-state index contributed by atoms with van der Waals surface area (Å²) in [5.74, 6) is -4.20. The Hall–Kier alpha value is -2.19. The summed E-state index contributed by atoms with van der Waals surface area (Å²) in [4.78, 5) is 25.0. The lowest BCUT2D eigenvalue weighted by molar-refractivity contribution is -0.141. The van der Waals surface area contributed by atoms with Crippen LogP contribution < -0.4 is 5.32 Å². The number of nitrogens with one attached hydrogen (secondary N) is 1. The Morgan fingerprint density at radius 2 is 1.67 bits per heavy atom. The third-order valence-corrected chi connectivity index (χ3v) is 3.79. The molecule has 2 amide bonds. The number of halogens is 5. The summed E-state index contributed by atoms with van der Waals surface area (Å²) >= 11 is 0. The minimum Gasteiger partial charge on any atom is -0.347 e. The fourth-order valence-corrected chi connectivity index (χ4v) is 2.54. The van der Waals surface area contributed by atoms with Gasteiger partial charge >= 0.3 is 6.18 Å². The summed E-state index contributed by atoms with van der Waals surface area (Å²) in [7, 11) is 0. The Bertz CT molecular complexity index is 605. The molecule has 1 aromatic rings. The normalized spacial score (nSPS) is 16.1. The Morgan fingerprint density at radius 1 is 1.12 bits per heavy atom. The third kappa shape index (κ3) is 4.42. The topological polar surface area (TPSA) is 49.4 Å². The van der Waals surface area contributed by atoms with Crippen LogP contribution in [0.5, 0.6) is 0 Å². The molecule has 1 aromatic carbocycles. The van der Waals surface area contributed by atoms with Gasteiger partial charge in [0.25, 0.3) is 5.91 Å². The molecule has 1 fully saturated rings. The second-order valence-electron chi connectivity index (χ2n) is 5.50. The van der Waals surface area contributed by atoms with E-state index < -0.39 is 47.7 Å². The molecule has 1 N–H and O–H groups in total. The molecule has 4 nitrogen and oxygen atoms in total. The van der Waals surface area contributed by atoms with Gasteiger partial charge < -0.3 is 10.2 Å². The van der Waals surface area contributed by atoms with E-state index in [9.17, 15) is 31.5 Å². The van der Waals surface area contributed by atoms with Gasteiger partial charge in [-0.15, -0.1) is 0 Å². The van der Waals surface area contributed by atoms with Gasteiger partial charge in [0.2, 0.25) is 5.91 Å². The van der Waals surface area contributed by atoms with E-state index >= 15 is 0 Å². The first-order valence-corrected chi connectivity index (χ1v) is 7.27. The van der Waals surface area contributed by atoms with Crippen LogP contribution in [0.15, 0.2) is 18.2 Å². The smallest absolute Gasteiger partial charge is 0.347 e. The zero-order valence-electron chi connectivity index (χ0n) is 12.5. The van der Waals surface area contributed by atoms with Crippen molar-refractivity contribution in [2.24, 2.45) is 5.92 Å². The number of hydrogen-bond donors (Lipinski definition) is 1. The number of hydrogen-bond acceptors (Lipinski definition) is 2. The quantitative estimate of drug-likeness (QED) is 0.852. The number of carbonyl (C=O) groups is 2. The summed E-state index contributed by atoms with van der Waals surface area (Å²) in [6, 6.07) is 3.07. The molecule has 132 valence electrons. The number of piperidine rings is 1. The van der Waals surface area contributed by atoms with Crippen LogP contribution in [0, 0.1) is 17.6 Å². The number of alkyl halides is 3. The van der Waals surface area contributed by atoms with Crippen LogP contribution in [0.25, 0.3) is 0 Å². The summed E-state index contributed by atoms with van der Waals surface area (Å²) in [6.07, 6.45) is -4.23. The van der Waals surface area contributed by atoms with E-state index in [1.165, 1.54) is 4.90 Å². The van der Waals surface area contributed by atoms with Crippen molar-refractivity contribution >= 4 is 11.8 Å². The third-order valence-electron chi connectivity index (χ3n) is 3.79. The van der Waals surface area contributed by atoms with Gasteiger partial charge in [-0.25, -0.2) is 8.78 Å². The molecule has 0 atom stereocenters. The van der Waals surface area contributed by atoms with Crippen LogP contribution in [-0.2, 0) is 4.79 Å². The van der Waals surface area contributed by atoms with Gasteiger partial charge in [-0.2, -0.15) is 13.2 Å². The Morgan fingerprint density at radius 3 is 2.17 bits per heavy atom. The lowest BCUT2D eigenvalue weighted by atomic mass is 9.95. The highest BCUT2D eigenvalue weighted by atomic mass is 19.4. The van der Waals surface area contributed by atoms with E-state index in [1.807, 2.05) is 0 Å². The van der Waals surface area contributed by atoms with Crippen LogP contribution in [0.1, 0.15) is 23.2 Å². The molecule has 1 saturated heterocycles. The van der Waals surface area contributed by atoms with E-state index in [0.29, 0.717) is 0 Å². The number of nitrogens with zero attached hydrogens (tertiary/aromatic N) is 1. The van der Waals surface area contributed by atoms with E-state index in [4.69, 9.17) is 0 Å². The maximum atomic E-state index is 13.6. The zero-order chi connectivity index (χ0) is 17.9. The highest BCUT2D eigenvalue weighted by Crippen LogP contribution is 2.22. The predicted octanol–water partition coefficient (Wildman–Crippen LogP) is 2.50. The molecule has 1 aliphatic heterocycles. The maximum absolute atomic E-state index is 13.6. The zero-order valence-corrected chi connectivity index (χ0v) is 12.5. The molecule has 0 saturated carbocycles. The average molecular weight is 350 g/mol. The van der Waals surface area contributed by atoms with Gasteiger partial charge in [0.1, 0.15) is 23.7 Å². The first kappa shape index (κ1) is 18.2. The minimum atomic E-state index is -4.49. The SMILES string of the molecule is O=C(NCC(F)(F)F)C1CCN(C(=O)c2c(F)cccc2F)CC1. The average Bonchev–Trinajstić information content (AvgIpc) is 2.51. The second-order valence-corrected chi connectivity index (χ2v) is 5.50. The Kier molecular flexibility index (Phi) is 5.40. The monoisotopic (exact) mass is 350 g/mol. The molecule has 9 heteroatoms. The van der Waals surface area contributed by atoms with Crippen LogP contribution in [0.3, 0.4) is 0 Å². The fourth-order valence-electron chi connectivity index (χ4n) is 2.54. The van der Waals surface area contributed by atoms with Crippen molar-refractivity contribution in [2.45, 2.75) is 19.0 Å². The van der Waals surface area contributed by atoms with Crippen molar-refractivity contribution < 1.29 is 31.5 Å². The molecule has 24 heavy (non-hydrogen) atoms. The molecule has 0 bridgehead atoms. The molecule has 0 spiro atoms. The summed E-state index contributed by atoms with van der Waals surface area (Å²) in [6.45, 7) is -1.33. The number of amides is 2. The van der Waals surface area contributed by atoms with E-state index in [0.717, 1.165) is 18.2 Å². The van der Waals surface area contributed by atoms with Crippen LogP contribution in [-0.4, -0.2) is 42.5 Å². The summed E-state index contributed by atoms with van der Waals surface area (Å²) < 4.78 is 63.5. The minimum absolute atomic E-state index is 0.0384. The van der Waals surface area contributed by atoms with E-state index in [-0.39, 0.29) is 25.9 Å². The van der Waals surface area contributed by atoms with Crippen LogP contribution >= 0.6 is 0 Å². The molecule has 1 heterocycles. The van der Waals surface area contributed by atoms with Crippen LogP contribution in [0.4, 0.5) is 22.0 Å². The maximum Gasteiger partial charge on any atom is 0.405 e. The van der Waals surface area contributed by atoms with Gasteiger partial charge in [-0.3, -0.25) is 9.59 Å². The molecule has 2 rings (SSSR count). The van der Waals surface area contributed by atoms with Crippen molar-refractivity contribution in [1.29, 1.82) is 0 Å². The fraction of sp³-hybridized carbons (Fsp3) is 0.467. The Balaban J connectivity index is 1.93. The molecule has 0 aliphatic carbocycles. The van der Waals surface area contributed by atoms with E-state index in [1.54, 1.807) is 5.32 Å². The summed E-state index contributed by atoms with van der Waals surface area (Å²) in [5, 5.41) is 1.80. The number of benzene rings is 1. The Labute approximate surface area is 134 Å². The van der Waals surface area contributed by atoms with Crippen molar-refractivity contribution in [1.82, 2.24) is 10.2 Å². The molecular weight excluding hydrogens is 335 g/mol. The molecule has 1 aliphatic rings. The lowest BCUT2D eigenvalue weighted by Crippen LogP contribution is -2.45. The van der Waals surface area contributed by atoms with Crippen molar-refractivity contribution in [2.75, 3.05) is 19.6 Å². The van der Waals surface area contributed by atoms with Gasteiger partial charge in [-0.1, -0.05) is 6.07 Å². The lowest BCUT2D eigenvalue weighted by Gasteiger charge is -2.31. The molecule has 0 unspecified atom stereocenters. The summed E-state index contributed by atoms with van der Waals surface area (Å²) in [5.41, 5.74) is -0.669. The van der Waals surface area contributed by atoms with E-state index in [2.05, 4.69) is 0 Å². The predicted molar refractivity (Wildman–Crippen MR) is 74.1 cm³/mol. The number of carbonyl (C=O) groups excluding carboxylic acids is 2. The van der Waals surface area contributed by atoms with Crippen molar-refractivity contribution in [3.05, 3.63) is 35.4 Å².